The number of carbonyl (C=O) groups is 1. The molecular weight excluding hydrogens is 441 g/mol. The molecule has 1 N–H and O–H groups in total. The fraction of sp³-hybridized carbons (Fsp3) is 0.565. The van der Waals surface area contributed by atoms with E-state index in [1.54, 1.807) is 13.8 Å². The number of hydrogen-bond donors (Lipinski definition) is 1. The number of aliphatic carboxylic acids is 1. The number of carboxylic acid groups (broad SMARTS) is 1. The number of ether oxygens (including phenoxy) is 1. The number of carboxylic acids is 1. The molecule has 2 aliphatic heterocycles. The molecule has 1 saturated heterocycles. The van der Waals surface area contributed by atoms with Crippen LogP contribution in [0.3, 0.4) is 0 Å². The van der Waals surface area contributed by atoms with Crippen LogP contribution in [-0.4, -0.2) is 39.7 Å². The number of thiazole rings is 1. The van der Waals surface area contributed by atoms with E-state index in [-0.39, 0.29) is 17.0 Å². The molecule has 9 heteroatoms. The maximum absolute atomic E-state index is 13.3. The fourth-order valence-electron chi connectivity index (χ4n) is 4.59. The Morgan fingerprint density at radius 2 is 2.03 bits per heavy atom. The molecule has 0 amide bonds. The minimum Gasteiger partial charge on any atom is -0.487 e. The lowest BCUT2D eigenvalue weighted by Gasteiger charge is -2.44. The lowest BCUT2D eigenvalue weighted by molar-refractivity contribution is -0.142. The summed E-state index contributed by atoms with van der Waals surface area (Å²) in [5, 5.41) is 9.60. The van der Waals surface area contributed by atoms with Gasteiger partial charge in [-0.1, -0.05) is 19.1 Å². The zero-order valence-electron chi connectivity index (χ0n) is 18.2. The quantitative estimate of drug-likeness (QED) is 0.662. The van der Waals surface area contributed by atoms with E-state index in [9.17, 15) is 23.1 Å². The maximum atomic E-state index is 13.3. The Labute approximate surface area is 189 Å². The van der Waals surface area contributed by atoms with Crippen molar-refractivity contribution in [1.29, 1.82) is 0 Å². The number of nitrogens with zero attached hydrogens (tertiary/aromatic N) is 2. The van der Waals surface area contributed by atoms with Crippen molar-refractivity contribution in [2.24, 2.45) is 5.92 Å². The van der Waals surface area contributed by atoms with Crippen LogP contribution < -0.4 is 4.74 Å². The molecule has 1 unspecified atom stereocenters. The Bertz CT molecular complexity index is 997. The van der Waals surface area contributed by atoms with Crippen LogP contribution in [0.4, 0.5) is 13.2 Å². The van der Waals surface area contributed by atoms with Gasteiger partial charge in [0.2, 0.25) is 0 Å². The summed E-state index contributed by atoms with van der Waals surface area (Å²) in [4.78, 5) is 17.2. The van der Waals surface area contributed by atoms with Gasteiger partial charge in [0, 0.05) is 19.6 Å². The first-order chi connectivity index (χ1) is 15.0. The molecule has 32 heavy (non-hydrogen) atoms. The summed E-state index contributed by atoms with van der Waals surface area (Å²) in [6.07, 6.45) is -0.711. The molecule has 3 heterocycles. The molecule has 174 valence electrons. The van der Waals surface area contributed by atoms with Crippen LogP contribution in [0.5, 0.6) is 5.75 Å². The Balaban J connectivity index is 1.41. The van der Waals surface area contributed by atoms with Crippen molar-refractivity contribution < 1.29 is 27.8 Å². The fourth-order valence-corrected chi connectivity index (χ4v) is 5.59. The molecule has 2 aliphatic rings. The zero-order valence-corrected chi connectivity index (χ0v) is 19.0. The number of hydrogen-bond acceptors (Lipinski definition) is 5. The third-order valence-electron chi connectivity index (χ3n) is 6.48. The van der Waals surface area contributed by atoms with E-state index in [0.29, 0.717) is 24.5 Å². The highest BCUT2D eigenvalue weighted by Crippen LogP contribution is 2.41. The second kappa shape index (κ2) is 8.67. The van der Waals surface area contributed by atoms with Crippen LogP contribution in [0.15, 0.2) is 18.2 Å². The van der Waals surface area contributed by atoms with Crippen molar-refractivity contribution in [1.82, 2.24) is 9.88 Å². The first-order valence-corrected chi connectivity index (χ1v) is 11.7. The summed E-state index contributed by atoms with van der Waals surface area (Å²) < 4.78 is 46.3. The molecule has 4 rings (SSSR count). The smallest absolute Gasteiger partial charge is 0.434 e. The molecule has 5 nitrogen and oxygen atoms in total. The average molecular weight is 469 g/mol. The molecule has 0 radical (unpaired) electrons. The van der Waals surface area contributed by atoms with E-state index in [2.05, 4.69) is 9.88 Å². The van der Waals surface area contributed by atoms with Gasteiger partial charge in [0.05, 0.1) is 15.8 Å². The van der Waals surface area contributed by atoms with Crippen molar-refractivity contribution in [3.8, 4) is 5.75 Å². The van der Waals surface area contributed by atoms with Gasteiger partial charge in [0.25, 0.3) is 0 Å². The summed E-state index contributed by atoms with van der Waals surface area (Å²) in [6, 6.07) is 5.95. The SMILES string of the molecule is Cc1nc(C(F)(F)F)c(CN2CCC3(CCc4ccc(CC(C)C(=O)O)cc4O3)CC2)s1. The van der Waals surface area contributed by atoms with Crippen molar-refractivity contribution >= 4 is 17.3 Å². The van der Waals surface area contributed by atoms with E-state index in [1.807, 2.05) is 18.2 Å². The molecule has 0 bridgehead atoms. The van der Waals surface area contributed by atoms with Gasteiger partial charge in [-0.05, 0) is 56.2 Å². The van der Waals surface area contributed by atoms with Crippen LogP contribution in [0.25, 0.3) is 0 Å². The van der Waals surface area contributed by atoms with Crippen LogP contribution >= 0.6 is 11.3 Å². The van der Waals surface area contributed by atoms with E-state index in [4.69, 9.17) is 4.74 Å². The molecular formula is C23H27F3N2O3S. The number of halogens is 3. The largest absolute Gasteiger partial charge is 0.487 e. The van der Waals surface area contributed by atoms with Crippen LogP contribution in [-0.2, 0) is 30.4 Å². The zero-order chi connectivity index (χ0) is 23.1. The number of aromatic nitrogens is 1. The Morgan fingerprint density at radius 3 is 2.69 bits per heavy atom. The average Bonchev–Trinajstić information content (AvgIpc) is 3.10. The summed E-state index contributed by atoms with van der Waals surface area (Å²) in [5.41, 5.74) is 0.996. The normalized spacial score (nSPS) is 19.4. The molecule has 1 spiro atoms. The molecule has 0 aliphatic carbocycles. The molecule has 2 aromatic rings. The van der Waals surface area contributed by atoms with Gasteiger partial charge in [-0.25, -0.2) is 4.98 Å². The number of likely N-dealkylation sites (tertiary alicyclic amines) is 1. The summed E-state index contributed by atoms with van der Waals surface area (Å²) >= 11 is 1.12. The maximum Gasteiger partial charge on any atom is 0.434 e. The third-order valence-corrected chi connectivity index (χ3v) is 7.43. The summed E-state index contributed by atoms with van der Waals surface area (Å²) in [5.74, 6) is -0.472. The standard InChI is InChI=1S/C23H27F3N2O3S/c1-14(21(29)30)11-16-3-4-17-5-6-22(31-18(17)12-16)7-9-28(10-8-22)13-19-20(23(24,25)26)27-15(2)32-19/h3-4,12,14H,5-11,13H2,1-2H3,(H,29,30). The van der Waals surface area contributed by atoms with Gasteiger partial charge in [0.1, 0.15) is 11.4 Å². The monoisotopic (exact) mass is 468 g/mol. The van der Waals surface area contributed by atoms with Crippen LogP contribution in [0, 0.1) is 12.8 Å². The minimum absolute atomic E-state index is 0.254. The molecule has 1 atom stereocenters. The van der Waals surface area contributed by atoms with Crippen LogP contribution in [0.1, 0.15) is 52.9 Å². The minimum atomic E-state index is -4.43. The number of aryl methyl sites for hydroxylation is 2. The van der Waals surface area contributed by atoms with E-state index in [0.717, 1.165) is 53.9 Å². The number of fused-ring (bicyclic) bond motifs is 1. The Hall–Kier alpha value is -2.13. The second-order valence-corrected chi connectivity index (χ2v) is 10.2. The van der Waals surface area contributed by atoms with Gasteiger partial charge in [-0.2, -0.15) is 13.2 Å². The van der Waals surface area contributed by atoms with Crippen molar-refractivity contribution in [2.75, 3.05) is 13.1 Å². The second-order valence-electron chi connectivity index (χ2n) is 8.95. The van der Waals surface area contributed by atoms with Crippen LogP contribution in [0.2, 0.25) is 0 Å². The molecule has 0 saturated carbocycles. The van der Waals surface area contributed by atoms with E-state index >= 15 is 0 Å². The van der Waals surface area contributed by atoms with Gasteiger partial charge in [0.15, 0.2) is 5.69 Å². The van der Waals surface area contributed by atoms with Crippen molar-refractivity contribution in [2.45, 2.75) is 64.3 Å². The highest BCUT2D eigenvalue weighted by molar-refractivity contribution is 7.11. The number of alkyl halides is 3. The summed E-state index contributed by atoms with van der Waals surface area (Å²) in [6.45, 7) is 4.88. The highest BCUT2D eigenvalue weighted by Gasteiger charge is 2.41. The van der Waals surface area contributed by atoms with E-state index < -0.39 is 23.8 Å². The molecule has 1 aromatic carbocycles. The lowest BCUT2D eigenvalue weighted by atomic mass is 9.82. The predicted molar refractivity (Wildman–Crippen MR) is 115 cm³/mol. The lowest BCUT2D eigenvalue weighted by Crippen LogP contribution is -2.49. The van der Waals surface area contributed by atoms with Gasteiger partial charge >= 0.3 is 12.1 Å². The highest BCUT2D eigenvalue weighted by atomic mass is 32.1. The number of benzene rings is 1. The summed E-state index contributed by atoms with van der Waals surface area (Å²) in [7, 11) is 0. The Morgan fingerprint density at radius 1 is 1.31 bits per heavy atom. The van der Waals surface area contributed by atoms with Gasteiger partial charge in [-0.15, -0.1) is 11.3 Å². The third kappa shape index (κ3) is 4.93. The first kappa shape index (κ1) is 23.0. The molecule has 1 aromatic heterocycles. The number of rotatable bonds is 5. The van der Waals surface area contributed by atoms with Gasteiger partial charge < -0.3 is 9.84 Å². The number of piperidine rings is 1. The topological polar surface area (TPSA) is 62.7 Å². The molecule has 1 fully saturated rings. The predicted octanol–water partition coefficient (Wildman–Crippen LogP) is 5.09. The van der Waals surface area contributed by atoms with Gasteiger partial charge in [-0.3, -0.25) is 9.69 Å². The van der Waals surface area contributed by atoms with Crippen molar-refractivity contribution in [3.63, 3.8) is 0 Å². The first-order valence-electron chi connectivity index (χ1n) is 10.8. The Kier molecular flexibility index (Phi) is 6.24. The van der Waals surface area contributed by atoms with E-state index in [1.165, 1.54) is 0 Å². The van der Waals surface area contributed by atoms with Crippen molar-refractivity contribution in [3.05, 3.63) is 44.9 Å².